The molecule has 0 bridgehead atoms. The Bertz CT molecular complexity index is 938. The second-order valence-corrected chi connectivity index (χ2v) is 7.50. The van der Waals surface area contributed by atoms with Gasteiger partial charge in [-0.2, -0.15) is 5.10 Å². The van der Waals surface area contributed by atoms with Crippen LogP contribution in [0.15, 0.2) is 23.0 Å². The van der Waals surface area contributed by atoms with Gasteiger partial charge in [-0.1, -0.05) is 6.07 Å². The average Bonchev–Trinajstić information content (AvgIpc) is 3.34. The number of carboxylic acid groups (broad SMARTS) is 1. The van der Waals surface area contributed by atoms with Gasteiger partial charge in [0.2, 0.25) is 0 Å². The van der Waals surface area contributed by atoms with Crippen LogP contribution in [0.3, 0.4) is 0 Å². The Morgan fingerprint density at radius 1 is 1.31 bits per heavy atom. The van der Waals surface area contributed by atoms with Gasteiger partial charge in [-0.3, -0.25) is 9.59 Å². The lowest BCUT2D eigenvalue weighted by atomic mass is 9.93. The van der Waals surface area contributed by atoms with E-state index in [9.17, 15) is 19.5 Å². The summed E-state index contributed by atoms with van der Waals surface area (Å²) in [6, 6.07) is 4.96. The highest BCUT2D eigenvalue weighted by Gasteiger charge is 2.51. The molecule has 0 aliphatic heterocycles. The van der Waals surface area contributed by atoms with Gasteiger partial charge >= 0.3 is 12.1 Å². The maximum Gasteiger partial charge on any atom is 0.407 e. The number of carboxylic acids is 1. The van der Waals surface area contributed by atoms with E-state index in [4.69, 9.17) is 4.74 Å². The number of carbonyl (C=O) groups excluding carboxylic acids is 1. The monoisotopic (exact) mass is 359 g/mol. The van der Waals surface area contributed by atoms with Crippen molar-refractivity contribution in [2.75, 3.05) is 0 Å². The number of aliphatic carboxylic acids is 1. The fourth-order valence-electron chi connectivity index (χ4n) is 2.87. The summed E-state index contributed by atoms with van der Waals surface area (Å²) in [5, 5.41) is 19.4. The van der Waals surface area contributed by atoms with Crippen LogP contribution in [0.5, 0.6) is 0 Å². The zero-order chi connectivity index (χ0) is 19.1. The highest BCUT2D eigenvalue weighted by atomic mass is 16.6. The van der Waals surface area contributed by atoms with Crippen LogP contribution in [0.25, 0.3) is 10.8 Å². The van der Waals surface area contributed by atoms with Gasteiger partial charge in [0.25, 0.3) is 5.56 Å². The van der Waals surface area contributed by atoms with Crippen molar-refractivity contribution >= 4 is 22.8 Å². The van der Waals surface area contributed by atoms with Crippen LogP contribution in [0.2, 0.25) is 0 Å². The lowest BCUT2D eigenvalue weighted by Gasteiger charge is -2.19. The molecule has 8 nitrogen and oxygen atoms in total. The number of aromatic amines is 1. The fourth-order valence-corrected chi connectivity index (χ4v) is 2.87. The minimum absolute atomic E-state index is 0.0473. The van der Waals surface area contributed by atoms with Crippen LogP contribution in [0, 0.1) is 0 Å². The first-order chi connectivity index (χ1) is 12.1. The first-order valence-corrected chi connectivity index (χ1v) is 8.34. The van der Waals surface area contributed by atoms with E-state index < -0.39 is 23.1 Å². The number of hydrogen-bond acceptors (Lipinski definition) is 5. The van der Waals surface area contributed by atoms with Gasteiger partial charge in [0, 0.05) is 5.39 Å². The van der Waals surface area contributed by atoms with Crippen molar-refractivity contribution in [2.24, 2.45) is 0 Å². The molecule has 1 aromatic heterocycles. The van der Waals surface area contributed by atoms with Crippen LogP contribution < -0.4 is 10.9 Å². The molecule has 0 atom stereocenters. The first-order valence-electron chi connectivity index (χ1n) is 8.34. The molecule has 0 saturated heterocycles. The number of fused-ring (bicyclic) bond motifs is 1. The summed E-state index contributed by atoms with van der Waals surface area (Å²) in [7, 11) is 0. The highest BCUT2D eigenvalue weighted by molar-refractivity contribution is 5.90. The quantitative estimate of drug-likeness (QED) is 0.768. The number of rotatable bonds is 4. The number of alkyl carbamates (subject to hydrolysis) is 1. The van der Waals surface area contributed by atoms with Gasteiger partial charge in [0.15, 0.2) is 0 Å². The Morgan fingerprint density at radius 3 is 2.58 bits per heavy atom. The molecule has 1 aromatic carbocycles. The molecule has 0 spiro atoms. The van der Waals surface area contributed by atoms with Crippen molar-refractivity contribution in [3.05, 3.63) is 39.8 Å². The maximum absolute atomic E-state index is 12.0. The molecule has 1 heterocycles. The van der Waals surface area contributed by atoms with E-state index in [-0.39, 0.29) is 12.1 Å². The molecule has 8 heteroatoms. The minimum Gasteiger partial charge on any atom is -0.481 e. The molecule has 138 valence electrons. The summed E-state index contributed by atoms with van der Waals surface area (Å²) in [4.78, 5) is 35.4. The topological polar surface area (TPSA) is 121 Å². The summed E-state index contributed by atoms with van der Waals surface area (Å²) in [6.45, 7) is 5.32. The molecule has 26 heavy (non-hydrogen) atoms. The van der Waals surface area contributed by atoms with Gasteiger partial charge in [-0.15, -0.1) is 0 Å². The highest BCUT2D eigenvalue weighted by Crippen LogP contribution is 2.48. The molecule has 1 saturated carbocycles. The van der Waals surface area contributed by atoms with Crippen LogP contribution in [0.1, 0.15) is 44.9 Å². The Morgan fingerprint density at radius 2 is 2.00 bits per heavy atom. The predicted molar refractivity (Wildman–Crippen MR) is 94.0 cm³/mol. The van der Waals surface area contributed by atoms with Crippen LogP contribution in [-0.4, -0.2) is 33.0 Å². The number of carbonyl (C=O) groups is 2. The minimum atomic E-state index is -0.882. The largest absolute Gasteiger partial charge is 0.481 e. The molecule has 1 amide bonds. The van der Waals surface area contributed by atoms with E-state index in [0.29, 0.717) is 34.9 Å². The van der Waals surface area contributed by atoms with E-state index in [0.717, 1.165) is 0 Å². The lowest BCUT2D eigenvalue weighted by Crippen LogP contribution is -2.32. The number of amides is 1. The zero-order valence-corrected chi connectivity index (χ0v) is 14.9. The van der Waals surface area contributed by atoms with Crippen molar-refractivity contribution in [1.82, 2.24) is 15.5 Å². The number of benzene rings is 1. The number of aromatic nitrogens is 2. The standard InChI is InChI=1S/C18H21N3O5/c1-17(2,3)26-16(25)19-9-13-12-8-10(18(6-7-18)15(23)24)4-5-11(12)14(22)21-20-13/h4-5,8H,6-7,9H2,1-3H3,(H,19,25)(H,21,22)(H,23,24). The van der Waals surface area contributed by atoms with Crippen LogP contribution in [-0.2, 0) is 21.5 Å². The van der Waals surface area contributed by atoms with Crippen molar-refractivity contribution in [2.45, 2.75) is 51.2 Å². The first kappa shape index (κ1) is 17.9. The maximum atomic E-state index is 12.0. The summed E-state index contributed by atoms with van der Waals surface area (Å²) >= 11 is 0. The normalized spacial score (nSPS) is 15.5. The SMILES string of the molecule is CC(C)(C)OC(=O)NCc1n[nH]c(=O)c2ccc(C3(C(=O)O)CC3)cc12. The van der Waals surface area contributed by atoms with Crippen molar-refractivity contribution in [3.8, 4) is 0 Å². The van der Waals surface area contributed by atoms with E-state index >= 15 is 0 Å². The van der Waals surface area contributed by atoms with Gasteiger partial charge in [0.05, 0.1) is 23.0 Å². The van der Waals surface area contributed by atoms with Crippen LogP contribution in [0.4, 0.5) is 4.79 Å². The molecular formula is C18H21N3O5. The fraction of sp³-hybridized carbons (Fsp3) is 0.444. The van der Waals surface area contributed by atoms with E-state index in [2.05, 4.69) is 15.5 Å². The van der Waals surface area contributed by atoms with Crippen LogP contribution >= 0.6 is 0 Å². The molecule has 2 aromatic rings. The Hall–Kier alpha value is -2.90. The summed E-state index contributed by atoms with van der Waals surface area (Å²) in [5.74, 6) is -0.872. The van der Waals surface area contributed by atoms with E-state index in [1.54, 1.807) is 39.0 Å². The predicted octanol–water partition coefficient (Wildman–Crippen LogP) is 2.06. The summed E-state index contributed by atoms with van der Waals surface area (Å²) in [5.41, 5.74) is -0.797. The van der Waals surface area contributed by atoms with Crippen molar-refractivity contribution in [1.29, 1.82) is 0 Å². The third-order valence-electron chi connectivity index (χ3n) is 4.38. The number of hydrogen-bond donors (Lipinski definition) is 3. The summed E-state index contributed by atoms with van der Waals surface area (Å²) in [6.07, 6.45) is 0.533. The van der Waals surface area contributed by atoms with Gasteiger partial charge in [0.1, 0.15) is 5.60 Å². The van der Waals surface area contributed by atoms with Crippen molar-refractivity contribution in [3.63, 3.8) is 0 Å². The Labute approximate surface area is 149 Å². The van der Waals surface area contributed by atoms with E-state index in [1.807, 2.05) is 0 Å². The number of ether oxygens (including phenoxy) is 1. The molecule has 3 rings (SSSR count). The number of H-pyrrole nitrogens is 1. The average molecular weight is 359 g/mol. The molecule has 1 aliphatic carbocycles. The van der Waals surface area contributed by atoms with Gasteiger partial charge in [-0.25, -0.2) is 9.89 Å². The molecule has 0 unspecified atom stereocenters. The number of nitrogens with one attached hydrogen (secondary N) is 2. The smallest absolute Gasteiger partial charge is 0.407 e. The molecule has 1 aliphatic rings. The Balaban J connectivity index is 1.93. The van der Waals surface area contributed by atoms with Crippen molar-refractivity contribution < 1.29 is 19.4 Å². The van der Waals surface area contributed by atoms with E-state index in [1.165, 1.54) is 0 Å². The number of nitrogens with zero attached hydrogens (tertiary/aromatic N) is 1. The second kappa shape index (κ2) is 6.12. The van der Waals surface area contributed by atoms with Gasteiger partial charge in [-0.05, 0) is 51.3 Å². The zero-order valence-electron chi connectivity index (χ0n) is 14.9. The second-order valence-electron chi connectivity index (χ2n) is 7.50. The molecular weight excluding hydrogens is 338 g/mol. The molecule has 1 fully saturated rings. The third kappa shape index (κ3) is 3.40. The molecule has 3 N–H and O–H groups in total. The Kier molecular flexibility index (Phi) is 4.21. The lowest BCUT2D eigenvalue weighted by molar-refractivity contribution is -0.140. The molecule has 0 radical (unpaired) electrons. The summed E-state index contributed by atoms with van der Waals surface area (Å²) < 4.78 is 5.19. The third-order valence-corrected chi connectivity index (χ3v) is 4.38. The van der Waals surface area contributed by atoms with Gasteiger partial charge < -0.3 is 15.2 Å².